The number of hydrogen-bond acceptors (Lipinski definition) is 3. The van der Waals surface area contributed by atoms with Crippen LogP contribution >= 0.6 is 0 Å². The fourth-order valence-corrected chi connectivity index (χ4v) is 1.02. The summed E-state index contributed by atoms with van der Waals surface area (Å²) in [5.74, 6) is 0.397. The molecule has 0 aliphatic carbocycles. The lowest BCUT2D eigenvalue weighted by atomic mass is 10.7. The van der Waals surface area contributed by atoms with Crippen LogP contribution < -0.4 is 5.32 Å². The van der Waals surface area contributed by atoms with Crippen LogP contribution in [0.2, 0.25) is 0 Å². The van der Waals surface area contributed by atoms with Crippen molar-refractivity contribution >= 4 is 5.96 Å². The summed E-state index contributed by atoms with van der Waals surface area (Å²) in [4.78, 5) is 5.65. The average Bonchev–Trinajstić information content (AvgIpc) is 2.77. The van der Waals surface area contributed by atoms with Crippen LogP contribution in [0.4, 0.5) is 0 Å². The molecule has 5 heteroatoms. The van der Waals surface area contributed by atoms with E-state index in [0.717, 1.165) is 0 Å². The van der Waals surface area contributed by atoms with Crippen LogP contribution in [-0.2, 0) is 0 Å². The maximum atomic E-state index is 7.70. The van der Waals surface area contributed by atoms with Gasteiger partial charge in [0, 0.05) is 24.8 Å². The first kappa shape index (κ1) is 6.90. The van der Waals surface area contributed by atoms with Crippen LogP contribution in [0, 0.1) is 5.41 Å². The molecule has 0 saturated heterocycles. The first-order valence-corrected chi connectivity index (χ1v) is 3.61. The van der Waals surface area contributed by atoms with E-state index in [4.69, 9.17) is 5.41 Å². The first-order chi connectivity index (χ1) is 5.88. The van der Waals surface area contributed by atoms with Gasteiger partial charge in [-0.3, -0.25) is 14.9 Å². The third-order valence-corrected chi connectivity index (χ3v) is 1.65. The second-order valence-electron chi connectivity index (χ2n) is 2.44. The van der Waals surface area contributed by atoms with Gasteiger partial charge in [0.2, 0.25) is 5.96 Å². The Balaban J connectivity index is 2.15. The van der Waals surface area contributed by atoms with Gasteiger partial charge in [-0.25, -0.2) is 4.98 Å². The number of nitrogens with zero attached hydrogens (tertiary/aromatic N) is 3. The molecule has 1 aromatic rings. The van der Waals surface area contributed by atoms with Crippen molar-refractivity contribution in [3.8, 4) is 0 Å². The molecular formula is C7H9N5. The molecule has 0 saturated carbocycles. The largest absolute Gasteiger partial charge is 0.372 e. The van der Waals surface area contributed by atoms with Gasteiger partial charge in [0.05, 0.1) is 6.67 Å². The standard InChI is InChI=1S/C7H9N5/c8-7(11-3-1-9-5-11)12-4-2-10-6-12/h1-5,8,10H,6H2. The van der Waals surface area contributed by atoms with E-state index in [0.29, 0.717) is 12.6 Å². The van der Waals surface area contributed by atoms with Crippen molar-refractivity contribution in [2.75, 3.05) is 6.67 Å². The Morgan fingerprint density at radius 3 is 3.08 bits per heavy atom. The van der Waals surface area contributed by atoms with E-state index in [-0.39, 0.29) is 0 Å². The molecule has 12 heavy (non-hydrogen) atoms. The lowest BCUT2D eigenvalue weighted by molar-refractivity contribution is 0.547. The monoisotopic (exact) mass is 163 g/mol. The topological polar surface area (TPSA) is 56.9 Å². The highest BCUT2D eigenvalue weighted by atomic mass is 15.4. The molecule has 0 atom stereocenters. The van der Waals surface area contributed by atoms with Crippen molar-refractivity contribution in [3.05, 3.63) is 31.1 Å². The third-order valence-electron chi connectivity index (χ3n) is 1.65. The van der Waals surface area contributed by atoms with Crippen molar-refractivity contribution < 1.29 is 0 Å². The van der Waals surface area contributed by atoms with Crippen molar-refractivity contribution in [3.63, 3.8) is 0 Å². The second-order valence-corrected chi connectivity index (χ2v) is 2.44. The zero-order valence-electron chi connectivity index (χ0n) is 6.44. The Hall–Kier alpha value is -1.78. The minimum absolute atomic E-state index is 0.397. The molecule has 0 amide bonds. The maximum Gasteiger partial charge on any atom is 0.208 e. The van der Waals surface area contributed by atoms with Gasteiger partial charge in [-0.05, 0) is 0 Å². The zero-order valence-corrected chi connectivity index (χ0v) is 6.44. The molecule has 0 fully saturated rings. The summed E-state index contributed by atoms with van der Waals surface area (Å²) in [5, 5.41) is 10.7. The number of aromatic nitrogens is 2. The van der Waals surface area contributed by atoms with Crippen LogP contribution in [0.5, 0.6) is 0 Å². The van der Waals surface area contributed by atoms with Gasteiger partial charge in [0.1, 0.15) is 6.33 Å². The fraction of sp³-hybridized carbons (Fsp3) is 0.143. The number of hydrogen-bond donors (Lipinski definition) is 2. The summed E-state index contributed by atoms with van der Waals surface area (Å²) in [6, 6.07) is 0. The Kier molecular flexibility index (Phi) is 1.55. The molecular weight excluding hydrogens is 154 g/mol. The van der Waals surface area contributed by atoms with Crippen LogP contribution in [0.1, 0.15) is 0 Å². The Labute approximate surface area is 69.8 Å². The molecule has 0 radical (unpaired) electrons. The second kappa shape index (κ2) is 2.69. The first-order valence-electron chi connectivity index (χ1n) is 3.61. The average molecular weight is 163 g/mol. The number of nitrogens with one attached hydrogen (secondary N) is 2. The zero-order chi connectivity index (χ0) is 8.39. The minimum Gasteiger partial charge on any atom is -0.372 e. The van der Waals surface area contributed by atoms with E-state index in [2.05, 4.69) is 10.3 Å². The third kappa shape index (κ3) is 1.05. The van der Waals surface area contributed by atoms with Gasteiger partial charge >= 0.3 is 0 Å². The molecule has 5 nitrogen and oxygen atoms in total. The predicted molar refractivity (Wildman–Crippen MR) is 44.3 cm³/mol. The Bertz CT molecular complexity index is 300. The molecule has 1 aromatic heterocycles. The van der Waals surface area contributed by atoms with E-state index < -0.39 is 0 Å². The molecule has 0 bridgehead atoms. The number of rotatable bonds is 0. The van der Waals surface area contributed by atoms with Gasteiger partial charge in [-0.15, -0.1) is 0 Å². The lowest BCUT2D eigenvalue weighted by Gasteiger charge is -2.15. The molecule has 2 N–H and O–H groups in total. The summed E-state index contributed by atoms with van der Waals surface area (Å²) in [6.07, 6.45) is 8.64. The smallest absolute Gasteiger partial charge is 0.208 e. The maximum absolute atomic E-state index is 7.70. The highest BCUT2D eigenvalue weighted by molar-refractivity contribution is 5.80. The summed E-state index contributed by atoms with van der Waals surface area (Å²) < 4.78 is 1.65. The van der Waals surface area contributed by atoms with Gasteiger partial charge in [0.15, 0.2) is 0 Å². The summed E-state index contributed by atoms with van der Waals surface area (Å²) in [6.45, 7) is 0.650. The van der Waals surface area contributed by atoms with Crippen LogP contribution in [0.3, 0.4) is 0 Å². The Morgan fingerprint density at radius 1 is 1.58 bits per heavy atom. The Morgan fingerprint density at radius 2 is 2.50 bits per heavy atom. The van der Waals surface area contributed by atoms with E-state index in [9.17, 15) is 0 Å². The summed E-state index contributed by atoms with van der Waals surface area (Å²) in [5.41, 5.74) is 0. The molecule has 62 valence electrons. The highest BCUT2D eigenvalue weighted by Crippen LogP contribution is 1.98. The molecule has 0 aromatic carbocycles. The van der Waals surface area contributed by atoms with Crippen LogP contribution in [-0.4, -0.2) is 27.1 Å². The van der Waals surface area contributed by atoms with Gasteiger partial charge in [0.25, 0.3) is 0 Å². The SMILES string of the molecule is N=C(N1C=CNC1)n1ccnc1. The van der Waals surface area contributed by atoms with Crippen LogP contribution in [0.15, 0.2) is 31.1 Å². The minimum atomic E-state index is 0.397. The van der Waals surface area contributed by atoms with E-state index in [1.165, 1.54) is 0 Å². The van der Waals surface area contributed by atoms with E-state index in [1.807, 2.05) is 12.4 Å². The van der Waals surface area contributed by atoms with Crippen molar-refractivity contribution in [2.45, 2.75) is 0 Å². The lowest BCUT2D eigenvalue weighted by Crippen LogP contribution is -2.31. The molecule has 2 rings (SSSR count). The normalized spacial score (nSPS) is 14.8. The molecule has 1 aliphatic rings. The van der Waals surface area contributed by atoms with E-state index >= 15 is 0 Å². The quantitative estimate of drug-likeness (QED) is 0.418. The van der Waals surface area contributed by atoms with Crippen LogP contribution in [0.25, 0.3) is 0 Å². The molecule has 0 unspecified atom stereocenters. The van der Waals surface area contributed by atoms with E-state index in [1.54, 1.807) is 28.2 Å². The highest BCUT2D eigenvalue weighted by Gasteiger charge is 2.09. The summed E-state index contributed by atoms with van der Waals surface area (Å²) in [7, 11) is 0. The van der Waals surface area contributed by atoms with Crippen molar-refractivity contribution in [1.29, 1.82) is 5.41 Å². The molecule has 1 aliphatic heterocycles. The molecule has 2 heterocycles. The van der Waals surface area contributed by atoms with Gasteiger partial charge in [-0.1, -0.05) is 0 Å². The van der Waals surface area contributed by atoms with Gasteiger partial charge < -0.3 is 5.32 Å². The summed E-state index contributed by atoms with van der Waals surface area (Å²) >= 11 is 0. The predicted octanol–water partition coefficient (Wildman–Crippen LogP) is -0.000130. The van der Waals surface area contributed by atoms with Gasteiger partial charge in [-0.2, -0.15) is 0 Å². The number of imidazole rings is 1. The fourth-order valence-electron chi connectivity index (χ4n) is 1.02. The van der Waals surface area contributed by atoms with Crippen molar-refractivity contribution in [2.24, 2.45) is 0 Å². The van der Waals surface area contributed by atoms with Crippen molar-refractivity contribution in [1.82, 2.24) is 19.8 Å². The molecule has 0 spiro atoms.